The van der Waals surface area contributed by atoms with Gasteiger partial charge in [-0.1, -0.05) is 6.92 Å². The Morgan fingerprint density at radius 2 is 2.31 bits per heavy atom. The molecular formula is C9H11N3O. The van der Waals surface area contributed by atoms with Crippen LogP contribution in [0.2, 0.25) is 0 Å². The topological polar surface area (TPSA) is 71.8 Å². The maximum Gasteiger partial charge on any atom is 0.270 e. The van der Waals surface area contributed by atoms with Gasteiger partial charge in [0.15, 0.2) is 0 Å². The first kappa shape index (κ1) is 9.33. The van der Waals surface area contributed by atoms with Crippen LogP contribution in [-0.2, 0) is 13.5 Å². The molecule has 0 aliphatic carbocycles. The molecule has 0 bridgehead atoms. The number of anilines is 1. The quantitative estimate of drug-likeness (QED) is 0.675. The molecule has 13 heavy (non-hydrogen) atoms. The van der Waals surface area contributed by atoms with Crippen LogP contribution in [0.3, 0.4) is 0 Å². The molecule has 1 heterocycles. The summed E-state index contributed by atoms with van der Waals surface area (Å²) in [5.41, 5.74) is 6.16. The van der Waals surface area contributed by atoms with Crippen LogP contribution < -0.4 is 11.3 Å². The van der Waals surface area contributed by atoms with Gasteiger partial charge in [0.25, 0.3) is 5.56 Å². The van der Waals surface area contributed by atoms with Crippen LogP contribution in [0, 0.1) is 11.3 Å². The zero-order valence-corrected chi connectivity index (χ0v) is 7.66. The van der Waals surface area contributed by atoms with Crippen molar-refractivity contribution in [2.24, 2.45) is 7.05 Å². The van der Waals surface area contributed by atoms with Gasteiger partial charge < -0.3 is 5.73 Å². The molecule has 4 heteroatoms. The lowest BCUT2D eigenvalue weighted by Crippen LogP contribution is -2.23. The number of nitrogen functional groups attached to an aromatic ring is 1. The van der Waals surface area contributed by atoms with Gasteiger partial charge in [-0.2, -0.15) is 5.26 Å². The lowest BCUT2D eigenvalue weighted by molar-refractivity contribution is 0.859. The molecule has 0 aromatic carbocycles. The van der Waals surface area contributed by atoms with Crippen molar-refractivity contribution in [1.29, 1.82) is 5.26 Å². The number of hydrogen-bond donors (Lipinski definition) is 1. The number of hydrogen-bond acceptors (Lipinski definition) is 3. The molecule has 0 aliphatic heterocycles. The standard InChI is InChI=1S/C9H11N3O/c1-3-6-4-8(11)12(2)9(13)7(6)5-10/h4H,3,11H2,1-2H3. The number of pyridine rings is 1. The van der Waals surface area contributed by atoms with Crippen molar-refractivity contribution >= 4 is 5.82 Å². The molecule has 0 atom stereocenters. The molecule has 1 rings (SSSR count). The summed E-state index contributed by atoms with van der Waals surface area (Å²) in [7, 11) is 1.55. The SMILES string of the molecule is CCc1cc(N)n(C)c(=O)c1C#N. The minimum absolute atomic E-state index is 0.194. The highest BCUT2D eigenvalue weighted by Gasteiger charge is 2.08. The van der Waals surface area contributed by atoms with Crippen molar-refractivity contribution in [2.75, 3.05) is 5.73 Å². The van der Waals surface area contributed by atoms with Crippen LogP contribution >= 0.6 is 0 Å². The van der Waals surface area contributed by atoms with Gasteiger partial charge in [-0.05, 0) is 18.1 Å². The maximum atomic E-state index is 11.5. The van der Waals surface area contributed by atoms with Gasteiger partial charge in [0.2, 0.25) is 0 Å². The average Bonchev–Trinajstić information content (AvgIpc) is 2.13. The fourth-order valence-corrected chi connectivity index (χ4v) is 1.17. The fraction of sp³-hybridized carbons (Fsp3) is 0.333. The van der Waals surface area contributed by atoms with E-state index in [1.165, 1.54) is 4.57 Å². The molecule has 0 unspecified atom stereocenters. The summed E-state index contributed by atoms with van der Waals surface area (Å²) in [4.78, 5) is 11.5. The third-order valence-corrected chi connectivity index (χ3v) is 2.04. The monoisotopic (exact) mass is 177 g/mol. The molecule has 1 aromatic heterocycles. The van der Waals surface area contributed by atoms with Crippen molar-refractivity contribution in [3.8, 4) is 6.07 Å². The van der Waals surface area contributed by atoms with Gasteiger partial charge in [0.1, 0.15) is 17.5 Å². The predicted molar refractivity (Wildman–Crippen MR) is 50.2 cm³/mol. The summed E-state index contributed by atoms with van der Waals surface area (Å²) in [6.07, 6.45) is 0.642. The Hall–Kier alpha value is -1.76. The molecule has 4 nitrogen and oxygen atoms in total. The fourth-order valence-electron chi connectivity index (χ4n) is 1.17. The number of nitrogens with two attached hydrogens (primary N) is 1. The summed E-state index contributed by atoms with van der Waals surface area (Å²) in [6, 6.07) is 3.56. The molecule has 68 valence electrons. The molecule has 1 aromatic rings. The minimum atomic E-state index is -0.320. The molecule has 0 radical (unpaired) electrons. The first-order chi connectivity index (χ1) is 6.11. The second-order valence-electron chi connectivity index (χ2n) is 2.80. The van der Waals surface area contributed by atoms with E-state index >= 15 is 0 Å². The zero-order valence-electron chi connectivity index (χ0n) is 7.66. The number of aromatic nitrogens is 1. The highest BCUT2D eigenvalue weighted by atomic mass is 16.1. The Morgan fingerprint density at radius 3 is 2.77 bits per heavy atom. The van der Waals surface area contributed by atoms with Crippen LogP contribution in [0.25, 0.3) is 0 Å². The third-order valence-electron chi connectivity index (χ3n) is 2.04. The van der Waals surface area contributed by atoms with E-state index in [-0.39, 0.29) is 11.1 Å². The lowest BCUT2D eigenvalue weighted by atomic mass is 10.1. The summed E-state index contributed by atoms with van der Waals surface area (Å²) in [5, 5.41) is 8.74. The lowest BCUT2D eigenvalue weighted by Gasteiger charge is -2.06. The molecule has 0 aliphatic rings. The predicted octanol–water partition coefficient (Wildman–Crippen LogP) is 0.402. The van der Waals surface area contributed by atoms with E-state index < -0.39 is 0 Å². The maximum absolute atomic E-state index is 11.5. The van der Waals surface area contributed by atoms with Gasteiger partial charge in [-0.15, -0.1) is 0 Å². The normalized spacial score (nSPS) is 9.62. The van der Waals surface area contributed by atoms with E-state index in [0.29, 0.717) is 17.8 Å². The van der Waals surface area contributed by atoms with Crippen molar-refractivity contribution in [3.63, 3.8) is 0 Å². The minimum Gasteiger partial charge on any atom is -0.385 e. The highest BCUT2D eigenvalue weighted by molar-refractivity contribution is 5.44. The van der Waals surface area contributed by atoms with Crippen LogP contribution in [0.4, 0.5) is 5.82 Å². The summed E-state index contributed by atoms with van der Waals surface area (Å²) in [6.45, 7) is 1.88. The van der Waals surface area contributed by atoms with Crippen LogP contribution in [0.5, 0.6) is 0 Å². The number of nitrogens with zero attached hydrogens (tertiary/aromatic N) is 2. The summed E-state index contributed by atoms with van der Waals surface area (Å²) < 4.78 is 1.28. The van der Waals surface area contributed by atoms with Crippen molar-refractivity contribution in [2.45, 2.75) is 13.3 Å². The Balaban J connectivity index is 3.61. The van der Waals surface area contributed by atoms with E-state index in [2.05, 4.69) is 0 Å². The van der Waals surface area contributed by atoms with Gasteiger partial charge >= 0.3 is 0 Å². The average molecular weight is 177 g/mol. The number of aryl methyl sites for hydroxylation is 1. The van der Waals surface area contributed by atoms with E-state index in [1.807, 2.05) is 13.0 Å². The molecule has 0 fully saturated rings. The second-order valence-corrected chi connectivity index (χ2v) is 2.80. The third kappa shape index (κ3) is 1.41. The van der Waals surface area contributed by atoms with Crippen LogP contribution in [0.1, 0.15) is 18.1 Å². The molecular weight excluding hydrogens is 166 g/mol. The molecule has 0 spiro atoms. The van der Waals surface area contributed by atoms with Crippen molar-refractivity contribution < 1.29 is 0 Å². The smallest absolute Gasteiger partial charge is 0.270 e. The summed E-state index contributed by atoms with van der Waals surface area (Å²) in [5.74, 6) is 0.390. The van der Waals surface area contributed by atoms with E-state index in [9.17, 15) is 4.79 Å². The Labute approximate surface area is 76.2 Å². The molecule has 0 saturated carbocycles. The molecule has 0 saturated heterocycles. The highest BCUT2D eigenvalue weighted by Crippen LogP contribution is 2.08. The van der Waals surface area contributed by atoms with Crippen molar-refractivity contribution in [1.82, 2.24) is 4.57 Å². The van der Waals surface area contributed by atoms with E-state index in [0.717, 1.165) is 0 Å². The Morgan fingerprint density at radius 1 is 1.69 bits per heavy atom. The Kier molecular flexibility index (Phi) is 2.38. The van der Waals surface area contributed by atoms with Gasteiger partial charge in [-0.3, -0.25) is 9.36 Å². The summed E-state index contributed by atoms with van der Waals surface area (Å²) >= 11 is 0. The first-order valence-electron chi connectivity index (χ1n) is 4.00. The van der Waals surface area contributed by atoms with Gasteiger partial charge in [0, 0.05) is 7.05 Å². The van der Waals surface area contributed by atoms with Crippen molar-refractivity contribution in [3.05, 3.63) is 27.5 Å². The Bertz CT molecular complexity index is 426. The number of nitriles is 1. The number of rotatable bonds is 1. The van der Waals surface area contributed by atoms with Gasteiger partial charge in [-0.25, -0.2) is 0 Å². The van der Waals surface area contributed by atoms with E-state index in [4.69, 9.17) is 11.0 Å². The van der Waals surface area contributed by atoms with E-state index in [1.54, 1.807) is 13.1 Å². The second kappa shape index (κ2) is 3.31. The van der Waals surface area contributed by atoms with Crippen LogP contribution in [0.15, 0.2) is 10.9 Å². The van der Waals surface area contributed by atoms with Gasteiger partial charge in [0.05, 0.1) is 0 Å². The first-order valence-corrected chi connectivity index (χ1v) is 4.00. The molecule has 2 N–H and O–H groups in total. The largest absolute Gasteiger partial charge is 0.385 e. The zero-order chi connectivity index (χ0) is 10.0. The van der Waals surface area contributed by atoms with Crippen LogP contribution in [-0.4, -0.2) is 4.57 Å². The molecule has 0 amide bonds.